The van der Waals surface area contributed by atoms with Crippen molar-refractivity contribution in [2.75, 3.05) is 0 Å². The summed E-state index contributed by atoms with van der Waals surface area (Å²) in [4.78, 5) is 0. The molecule has 0 aliphatic heterocycles. The minimum atomic E-state index is -0.141. The maximum Gasteiger partial charge on any atom is 0.0546 e. The number of aliphatic hydroxyl groups excluding tert-OH is 1. The highest BCUT2D eigenvalue weighted by Gasteiger charge is 2.09. The van der Waals surface area contributed by atoms with Crippen molar-refractivity contribution < 1.29 is 5.11 Å². The fraction of sp³-hybridized carbons (Fsp3) is 0.625. The summed E-state index contributed by atoms with van der Waals surface area (Å²) in [6.45, 7) is 6.54. The molecule has 0 saturated heterocycles. The summed E-state index contributed by atoms with van der Waals surface area (Å²) in [6.07, 6.45) is 5.11. The van der Waals surface area contributed by atoms with E-state index in [1.807, 2.05) is 0 Å². The molecule has 0 amide bonds. The van der Waals surface area contributed by atoms with Gasteiger partial charge in [0, 0.05) is 0 Å². The summed E-state index contributed by atoms with van der Waals surface area (Å²) in [6, 6.07) is 8.61. The largest absolute Gasteiger partial charge is 0.393 e. The van der Waals surface area contributed by atoms with Crippen LogP contribution in [-0.4, -0.2) is 11.2 Å². The Labute approximate surface area is 106 Å². The van der Waals surface area contributed by atoms with E-state index in [-0.39, 0.29) is 6.10 Å². The van der Waals surface area contributed by atoms with Gasteiger partial charge in [-0.2, -0.15) is 0 Å². The second kappa shape index (κ2) is 7.50. The van der Waals surface area contributed by atoms with E-state index in [1.165, 1.54) is 24.0 Å². The second-order valence-corrected chi connectivity index (χ2v) is 5.31. The first-order chi connectivity index (χ1) is 8.11. The summed E-state index contributed by atoms with van der Waals surface area (Å²) in [5.74, 6) is 0.646. The molecule has 0 radical (unpaired) electrons. The molecular weight excluding hydrogens is 208 g/mol. The molecule has 1 N–H and O–H groups in total. The highest BCUT2D eigenvalue weighted by molar-refractivity contribution is 5.21. The van der Waals surface area contributed by atoms with E-state index >= 15 is 0 Å². The summed E-state index contributed by atoms with van der Waals surface area (Å²) >= 11 is 0. The average Bonchev–Trinajstić information content (AvgIpc) is 2.28. The summed E-state index contributed by atoms with van der Waals surface area (Å²) in [5, 5.41) is 9.96. The number of benzene rings is 1. The lowest BCUT2D eigenvalue weighted by Crippen LogP contribution is -2.12. The van der Waals surface area contributed by atoms with Gasteiger partial charge in [0.1, 0.15) is 0 Å². The van der Waals surface area contributed by atoms with Crippen molar-refractivity contribution in [2.24, 2.45) is 5.92 Å². The van der Waals surface area contributed by atoms with Gasteiger partial charge in [0.2, 0.25) is 0 Å². The normalized spacial score (nSPS) is 14.6. The first kappa shape index (κ1) is 14.2. The van der Waals surface area contributed by atoms with E-state index < -0.39 is 0 Å². The van der Waals surface area contributed by atoms with Crippen LogP contribution in [0.3, 0.4) is 0 Å². The fourth-order valence-electron chi connectivity index (χ4n) is 2.28. The predicted octanol–water partition coefficient (Wildman–Crippen LogP) is 4.11. The van der Waals surface area contributed by atoms with Gasteiger partial charge in [-0.1, -0.05) is 56.5 Å². The van der Waals surface area contributed by atoms with Gasteiger partial charge < -0.3 is 5.11 Å². The van der Waals surface area contributed by atoms with E-state index in [9.17, 15) is 5.11 Å². The van der Waals surface area contributed by atoms with Crippen molar-refractivity contribution in [2.45, 2.75) is 59.0 Å². The molecule has 0 saturated carbocycles. The Morgan fingerprint density at radius 3 is 2.35 bits per heavy atom. The molecule has 1 aromatic rings. The van der Waals surface area contributed by atoms with E-state index in [1.54, 1.807) is 0 Å². The van der Waals surface area contributed by atoms with Crippen LogP contribution in [0, 0.1) is 12.8 Å². The average molecular weight is 234 g/mol. The van der Waals surface area contributed by atoms with Gasteiger partial charge >= 0.3 is 0 Å². The predicted molar refractivity (Wildman–Crippen MR) is 74.2 cm³/mol. The van der Waals surface area contributed by atoms with Crippen molar-refractivity contribution in [3.8, 4) is 0 Å². The van der Waals surface area contributed by atoms with Gasteiger partial charge in [0.05, 0.1) is 6.10 Å². The lowest BCUT2D eigenvalue weighted by atomic mass is 9.95. The zero-order valence-corrected chi connectivity index (χ0v) is 11.4. The standard InChI is InChI=1S/C16H26O/c1-4-5-14(3)12-16(17)11-10-15-8-6-13(2)7-9-15/h6-9,14,16-17H,4-5,10-12H2,1-3H3. The summed E-state index contributed by atoms with van der Waals surface area (Å²) in [7, 11) is 0. The monoisotopic (exact) mass is 234 g/mol. The highest BCUT2D eigenvalue weighted by Crippen LogP contribution is 2.16. The zero-order chi connectivity index (χ0) is 12.7. The maximum atomic E-state index is 9.96. The Bertz CT molecular complexity index is 302. The SMILES string of the molecule is CCCC(C)CC(O)CCc1ccc(C)cc1. The molecule has 0 aliphatic rings. The molecule has 2 atom stereocenters. The summed E-state index contributed by atoms with van der Waals surface area (Å²) < 4.78 is 0. The van der Waals surface area contributed by atoms with Crippen LogP contribution >= 0.6 is 0 Å². The molecule has 0 spiro atoms. The molecule has 1 heteroatoms. The van der Waals surface area contributed by atoms with Gasteiger partial charge in [0.15, 0.2) is 0 Å². The highest BCUT2D eigenvalue weighted by atomic mass is 16.3. The van der Waals surface area contributed by atoms with Gasteiger partial charge in [-0.25, -0.2) is 0 Å². The first-order valence-electron chi connectivity index (χ1n) is 6.85. The number of rotatable bonds is 7. The molecule has 1 aromatic carbocycles. The van der Waals surface area contributed by atoms with Gasteiger partial charge in [-0.3, -0.25) is 0 Å². The Kier molecular flexibility index (Phi) is 6.28. The molecule has 0 fully saturated rings. The van der Waals surface area contributed by atoms with E-state index in [2.05, 4.69) is 45.0 Å². The minimum absolute atomic E-state index is 0.141. The lowest BCUT2D eigenvalue weighted by Gasteiger charge is -2.15. The molecule has 0 bridgehead atoms. The van der Waals surface area contributed by atoms with E-state index in [4.69, 9.17) is 0 Å². The molecule has 0 heterocycles. The Balaban J connectivity index is 2.27. The van der Waals surface area contributed by atoms with Crippen LogP contribution in [0.4, 0.5) is 0 Å². The van der Waals surface area contributed by atoms with Gasteiger partial charge in [-0.15, -0.1) is 0 Å². The molecule has 1 nitrogen and oxygen atoms in total. The molecule has 1 rings (SSSR count). The molecule has 2 unspecified atom stereocenters. The van der Waals surface area contributed by atoms with Crippen LogP contribution in [0.15, 0.2) is 24.3 Å². The smallest absolute Gasteiger partial charge is 0.0546 e. The van der Waals surface area contributed by atoms with Crippen molar-refractivity contribution in [3.63, 3.8) is 0 Å². The van der Waals surface area contributed by atoms with Crippen molar-refractivity contribution >= 4 is 0 Å². The van der Waals surface area contributed by atoms with E-state index in [0.29, 0.717) is 5.92 Å². The quantitative estimate of drug-likeness (QED) is 0.752. The van der Waals surface area contributed by atoms with E-state index in [0.717, 1.165) is 19.3 Å². The third kappa shape index (κ3) is 5.88. The summed E-state index contributed by atoms with van der Waals surface area (Å²) in [5.41, 5.74) is 2.63. The topological polar surface area (TPSA) is 20.2 Å². The first-order valence-corrected chi connectivity index (χ1v) is 6.85. The molecule has 0 aliphatic carbocycles. The maximum absolute atomic E-state index is 9.96. The van der Waals surface area contributed by atoms with Crippen LogP contribution in [0.5, 0.6) is 0 Å². The molecular formula is C16H26O. The number of hydrogen-bond acceptors (Lipinski definition) is 1. The van der Waals surface area contributed by atoms with Crippen LogP contribution in [0.1, 0.15) is 50.7 Å². The fourth-order valence-corrected chi connectivity index (χ4v) is 2.28. The number of aliphatic hydroxyl groups is 1. The second-order valence-electron chi connectivity index (χ2n) is 5.31. The van der Waals surface area contributed by atoms with Crippen molar-refractivity contribution in [3.05, 3.63) is 35.4 Å². The van der Waals surface area contributed by atoms with Gasteiger partial charge in [0.25, 0.3) is 0 Å². The number of hydrogen-bond donors (Lipinski definition) is 1. The minimum Gasteiger partial charge on any atom is -0.393 e. The third-order valence-electron chi connectivity index (χ3n) is 3.34. The zero-order valence-electron chi connectivity index (χ0n) is 11.4. The van der Waals surface area contributed by atoms with Crippen LogP contribution in [0.2, 0.25) is 0 Å². The van der Waals surface area contributed by atoms with Crippen LogP contribution in [-0.2, 0) is 6.42 Å². The Morgan fingerprint density at radius 1 is 1.12 bits per heavy atom. The van der Waals surface area contributed by atoms with Crippen LogP contribution < -0.4 is 0 Å². The van der Waals surface area contributed by atoms with Gasteiger partial charge in [-0.05, 0) is 37.7 Å². The molecule has 17 heavy (non-hydrogen) atoms. The molecule has 0 aromatic heterocycles. The third-order valence-corrected chi connectivity index (χ3v) is 3.34. The van der Waals surface area contributed by atoms with Crippen molar-refractivity contribution in [1.29, 1.82) is 0 Å². The molecule has 96 valence electrons. The van der Waals surface area contributed by atoms with Crippen molar-refractivity contribution in [1.82, 2.24) is 0 Å². The lowest BCUT2D eigenvalue weighted by molar-refractivity contribution is 0.134. The number of aryl methyl sites for hydroxylation is 2. The Hall–Kier alpha value is -0.820. The van der Waals surface area contributed by atoms with Crippen LogP contribution in [0.25, 0.3) is 0 Å². The Morgan fingerprint density at radius 2 is 1.76 bits per heavy atom.